The van der Waals surface area contributed by atoms with Gasteiger partial charge >= 0.3 is 0 Å². The van der Waals surface area contributed by atoms with E-state index in [0.717, 1.165) is 17.8 Å². The normalized spacial score (nSPS) is 46.6. The van der Waals surface area contributed by atoms with E-state index in [1.807, 2.05) is 0 Å². The van der Waals surface area contributed by atoms with Crippen molar-refractivity contribution in [3.8, 4) is 0 Å². The monoisotopic (exact) mass is 152 g/mol. The van der Waals surface area contributed by atoms with Gasteiger partial charge in [0, 0.05) is 0 Å². The first-order valence-corrected chi connectivity index (χ1v) is 5.16. The Morgan fingerprint density at radius 3 is 2.36 bits per heavy atom. The van der Waals surface area contributed by atoms with E-state index in [1.165, 1.54) is 19.3 Å². The van der Waals surface area contributed by atoms with Crippen LogP contribution in [0.15, 0.2) is 0 Å². The molecule has 0 nitrogen and oxygen atoms in total. The van der Waals surface area contributed by atoms with E-state index < -0.39 is 0 Å². The van der Waals surface area contributed by atoms with Gasteiger partial charge in [-0.25, -0.2) is 0 Å². The predicted molar refractivity (Wildman–Crippen MR) is 48.4 cm³/mol. The van der Waals surface area contributed by atoms with Crippen LogP contribution in [0, 0.1) is 23.2 Å². The van der Waals surface area contributed by atoms with Gasteiger partial charge in [-0.05, 0) is 42.4 Å². The summed E-state index contributed by atoms with van der Waals surface area (Å²) in [7, 11) is 0. The maximum atomic E-state index is 2.48. The van der Waals surface area contributed by atoms with Crippen molar-refractivity contribution in [2.75, 3.05) is 0 Å². The summed E-state index contributed by atoms with van der Waals surface area (Å²) < 4.78 is 0. The smallest absolute Gasteiger partial charge is 0.0295 e. The van der Waals surface area contributed by atoms with Crippen LogP contribution in [0.2, 0.25) is 0 Å². The molecule has 0 aliphatic heterocycles. The van der Waals surface area contributed by atoms with E-state index in [2.05, 4.69) is 20.8 Å². The topological polar surface area (TPSA) is 0 Å². The highest BCUT2D eigenvalue weighted by atomic mass is 14.6. The summed E-state index contributed by atoms with van der Waals surface area (Å²) in [5, 5.41) is 0. The van der Waals surface area contributed by atoms with Crippen molar-refractivity contribution in [1.82, 2.24) is 0 Å². The molecule has 3 aliphatic rings. The van der Waals surface area contributed by atoms with Gasteiger partial charge in [0.25, 0.3) is 0 Å². The van der Waals surface area contributed by atoms with E-state index in [-0.39, 0.29) is 0 Å². The molecule has 3 unspecified atom stereocenters. The Hall–Kier alpha value is 0. The highest BCUT2D eigenvalue weighted by molar-refractivity contribution is 5.02. The molecule has 0 spiro atoms. The van der Waals surface area contributed by atoms with Crippen molar-refractivity contribution in [2.24, 2.45) is 23.2 Å². The van der Waals surface area contributed by atoms with Crippen LogP contribution in [0.3, 0.4) is 0 Å². The average molecular weight is 152 g/mol. The van der Waals surface area contributed by atoms with Crippen molar-refractivity contribution in [2.45, 2.75) is 46.5 Å². The Labute approximate surface area is 70.4 Å². The first-order valence-electron chi connectivity index (χ1n) is 5.16. The quantitative estimate of drug-likeness (QED) is 0.539. The lowest BCUT2D eigenvalue weighted by Crippen LogP contribution is -2.52. The zero-order chi connectivity index (χ0) is 8.06. The summed E-state index contributed by atoms with van der Waals surface area (Å²) in [5.41, 5.74) is 0.707. The van der Waals surface area contributed by atoms with Gasteiger partial charge in [-0.15, -0.1) is 0 Å². The van der Waals surface area contributed by atoms with Crippen molar-refractivity contribution < 1.29 is 0 Å². The molecule has 3 rings (SSSR count). The maximum absolute atomic E-state index is 2.48. The second-order valence-corrected chi connectivity index (χ2v) is 5.11. The minimum absolute atomic E-state index is 0.707. The standard InChI is InChI=1S/C11H20/c1-4-8-5-6-9-7-10(8)11(9,2)3/h8-10H,4-7H2,1-3H3. The van der Waals surface area contributed by atoms with Gasteiger partial charge in [0.15, 0.2) is 0 Å². The molecule has 0 saturated heterocycles. The van der Waals surface area contributed by atoms with Crippen LogP contribution in [0.1, 0.15) is 46.5 Å². The molecule has 2 bridgehead atoms. The molecule has 0 radical (unpaired) electrons. The first kappa shape index (κ1) is 7.64. The van der Waals surface area contributed by atoms with Crippen LogP contribution in [-0.4, -0.2) is 0 Å². The van der Waals surface area contributed by atoms with Gasteiger partial charge in [-0.1, -0.05) is 27.2 Å². The van der Waals surface area contributed by atoms with Crippen LogP contribution in [-0.2, 0) is 0 Å². The fourth-order valence-electron chi connectivity index (χ4n) is 3.45. The average Bonchev–Trinajstić information content (AvgIpc) is 2.04. The summed E-state index contributed by atoms with van der Waals surface area (Å²) in [6.07, 6.45) is 6.00. The summed E-state index contributed by atoms with van der Waals surface area (Å²) in [5.74, 6) is 3.22. The molecule has 64 valence electrons. The fourth-order valence-corrected chi connectivity index (χ4v) is 3.45. The molecule has 3 atom stereocenters. The minimum Gasteiger partial charge on any atom is -0.0651 e. The molecule has 11 heavy (non-hydrogen) atoms. The summed E-state index contributed by atoms with van der Waals surface area (Å²) in [6, 6.07) is 0. The molecular formula is C11H20. The lowest BCUT2D eigenvalue weighted by molar-refractivity contribution is -0.105. The first-order chi connectivity index (χ1) is 5.16. The summed E-state index contributed by atoms with van der Waals surface area (Å²) >= 11 is 0. The van der Waals surface area contributed by atoms with Crippen LogP contribution in [0.25, 0.3) is 0 Å². The van der Waals surface area contributed by atoms with E-state index in [4.69, 9.17) is 0 Å². The highest BCUT2D eigenvalue weighted by Crippen LogP contribution is 2.61. The van der Waals surface area contributed by atoms with Gasteiger partial charge < -0.3 is 0 Å². The number of fused-ring (bicyclic) bond motifs is 2. The molecule has 0 aromatic rings. The third-order valence-corrected chi connectivity index (χ3v) is 4.53. The van der Waals surface area contributed by atoms with Crippen LogP contribution in [0.4, 0.5) is 0 Å². The Bertz CT molecular complexity index is 155. The molecule has 0 heteroatoms. The molecule has 3 aliphatic carbocycles. The van der Waals surface area contributed by atoms with Gasteiger partial charge in [-0.3, -0.25) is 0 Å². The Morgan fingerprint density at radius 1 is 1.27 bits per heavy atom. The second kappa shape index (κ2) is 2.24. The fraction of sp³-hybridized carbons (Fsp3) is 1.00. The zero-order valence-corrected chi connectivity index (χ0v) is 8.06. The molecular weight excluding hydrogens is 132 g/mol. The van der Waals surface area contributed by atoms with Crippen molar-refractivity contribution in [3.05, 3.63) is 0 Å². The van der Waals surface area contributed by atoms with Crippen LogP contribution < -0.4 is 0 Å². The highest BCUT2D eigenvalue weighted by Gasteiger charge is 2.53. The van der Waals surface area contributed by atoms with Gasteiger partial charge in [-0.2, -0.15) is 0 Å². The molecule has 0 heterocycles. The SMILES string of the molecule is CCC1CCC2CC1C2(C)C. The van der Waals surface area contributed by atoms with E-state index in [1.54, 1.807) is 6.42 Å². The lowest BCUT2D eigenvalue weighted by Gasteiger charge is -2.60. The molecule has 3 saturated carbocycles. The van der Waals surface area contributed by atoms with Gasteiger partial charge in [0.05, 0.1) is 0 Å². The Balaban J connectivity index is 2.10. The largest absolute Gasteiger partial charge is 0.0651 e. The van der Waals surface area contributed by atoms with Gasteiger partial charge in [0.1, 0.15) is 0 Å². The van der Waals surface area contributed by atoms with E-state index in [9.17, 15) is 0 Å². The number of hydrogen-bond acceptors (Lipinski definition) is 0. The maximum Gasteiger partial charge on any atom is -0.0295 e. The summed E-state index contributed by atoms with van der Waals surface area (Å²) in [6.45, 7) is 7.32. The van der Waals surface area contributed by atoms with Crippen molar-refractivity contribution >= 4 is 0 Å². The second-order valence-electron chi connectivity index (χ2n) is 5.11. The Kier molecular flexibility index (Phi) is 1.56. The third kappa shape index (κ3) is 0.878. The number of hydrogen-bond donors (Lipinski definition) is 0. The summed E-state index contributed by atoms with van der Waals surface area (Å²) in [4.78, 5) is 0. The van der Waals surface area contributed by atoms with Crippen LogP contribution in [0.5, 0.6) is 0 Å². The third-order valence-electron chi connectivity index (χ3n) is 4.53. The molecule has 0 N–H and O–H groups in total. The van der Waals surface area contributed by atoms with Crippen LogP contribution >= 0.6 is 0 Å². The lowest BCUT2D eigenvalue weighted by atomic mass is 9.45. The Morgan fingerprint density at radius 2 is 2.00 bits per heavy atom. The molecule has 0 aromatic heterocycles. The molecule has 3 fully saturated rings. The number of rotatable bonds is 1. The van der Waals surface area contributed by atoms with Gasteiger partial charge in [0.2, 0.25) is 0 Å². The van der Waals surface area contributed by atoms with E-state index in [0.29, 0.717) is 5.41 Å². The van der Waals surface area contributed by atoms with Crippen molar-refractivity contribution in [3.63, 3.8) is 0 Å². The van der Waals surface area contributed by atoms with Crippen molar-refractivity contribution in [1.29, 1.82) is 0 Å². The van der Waals surface area contributed by atoms with E-state index >= 15 is 0 Å². The minimum atomic E-state index is 0.707. The predicted octanol–water partition coefficient (Wildman–Crippen LogP) is 3.47. The zero-order valence-electron chi connectivity index (χ0n) is 8.06. The molecule has 0 aromatic carbocycles. The molecule has 0 amide bonds.